The highest BCUT2D eigenvalue weighted by molar-refractivity contribution is 5.84. The van der Waals surface area contributed by atoms with Crippen molar-refractivity contribution in [1.29, 1.82) is 0 Å². The second-order valence-corrected chi connectivity index (χ2v) is 10.5. The van der Waals surface area contributed by atoms with Crippen molar-refractivity contribution >= 4 is 12.0 Å². The van der Waals surface area contributed by atoms with Crippen molar-refractivity contribution in [2.24, 2.45) is 17.3 Å². The standard InChI is InChI=1S/C22H36N2O3/c1-15-13-16-7-5-6-8-18(16)24(15)19(25)17-14-22(17)9-11-23(12-10-22)20(26)27-21(2,3)4/h15-18H,5-14H2,1-4H3/t15-,16+,17-,18+/m1/s1. The number of hydrogen-bond acceptors (Lipinski definition) is 3. The van der Waals surface area contributed by atoms with Gasteiger partial charge in [0.05, 0.1) is 0 Å². The maximum atomic E-state index is 13.4. The van der Waals surface area contributed by atoms with Crippen LogP contribution in [0, 0.1) is 17.3 Å². The Morgan fingerprint density at radius 3 is 2.41 bits per heavy atom. The minimum atomic E-state index is -0.452. The fourth-order valence-electron chi connectivity index (χ4n) is 5.98. The van der Waals surface area contributed by atoms with E-state index in [0.29, 0.717) is 18.0 Å². The van der Waals surface area contributed by atoms with Gasteiger partial charge in [0.15, 0.2) is 0 Å². The first-order valence-corrected chi connectivity index (χ1v) is 11.0. The molecular weight excluding hydrogens is 340 g/mol. The number of amides is 2. The van der Waals surface area contributed by atoms with Crippen LogP contribution in [-0.4, -0.2) is 52.6 Å². The van der Waals surface area contributed by atoms with Crippen molar-refractivity contribution in [2.45, 2.75) is 96.7 Å². The molecule has 0 radical (unpaired) electrons. The van der Waals surface area contributed by atoms with Crippen LogP contribution in [0.3, 0.4) is 0 Å². The lowest BCUT2D eigenvalue weighted by Crippen LogP contribution is -2.46. The summed E-state index contributed by atoms with van der Waals surface area (Å²) in [7, 11) is 0. The Bertz CT molecular complexity index is 603. The first-order chi connectivity index (χ1) is 12.7. The lowest BCUT2D eigenvalue weighted by atomic mass is 9.84. The van der Waals surface area contributed by atoms with Gasteiger partial charge < -0.3 is 14.5 Å². The largest absolute Gasteiger partial charge is 0.444 e. The number of hydrogen-bond donors (Lipinski definition) is 0. The van der Waals surface area contributed by atoms with E-state index < -0.39 is 5.60 Å². The summed E-state index contributed by atoms with van der Waals surface area (Å²) in [5.74, 6) is 1.35. The second-order valence-electron chi connectivity index (χ2n) is 10.5. The fourth-order valence-corrected chi connectivity index (χ4v) is 5.98. The van der Waals surface area contributed by atoms with Crippen LogP contribution < -0.4 is 0 Å². The van der Waals surface area contributed by atoms with E-state index in [1.54, 1.807) is 0 Å². The van der Waals surface area contributed by atoms with E-state index >= 15 is 0 Å². The second kappa shape index (κ2) is 6.66. The Kier molecular flexibility index (Phi) is 4.71. The molecule has 4 atom stereocenters. The molecule has 2 heterocycles. The zero-order valence-corrected chi connectivity index (χ0v) is 17.5. The van der Waals surface area contributed by atoms with Gasteiger partial charge in [0, 0.05) is 31.1 Å². The molecule has 4 rings (SSSR count). The molecule has 0 unspecified atom stereocenters. The molecule has 0 N–H and O–H groups in total. The Morgan fingerprint density at radius 1 is 1.07 bits per heavy atom. The molecule has 152 valence electrons. The van der Waals surface area contributed by atoms with Crippen LogP contribution in [-0.2, 0) is 9.53 Å². The molecule has 5 heteroatoms. The van der Waals surface area contributed by atoms with Gasteiger partial charge in [-0.05, 0) is 77.6 Å². The van der Waals surface area contributed by atoms with Gasteiger partial charge in [0.2, 0.25) is 5.91 Å². The molecule has 0 bridgehead atoms. The van der Waals surface area contributed by atoms with E-state index in [-0.39, 0.29) is 17.4 Å². The highest BCUT2D eigenvalue weighted by Gasteiger charge is 2.61. The molecule has 2 aliphatic heterocycles. The molecule has 0 aromatic rings. The smallest absolute Gasteiger partial charge is 0.410 e. The molecule has 0 aromatic heterocycles. The van der Waals surface area contributed by atoms with E-state index in [9.17, 15) is 9.59 Å². The SMILES string of the molecule is C[C@@H]1C[C@@H]2CCCC[C@@H]2N1C(=O)[C@H]1CC12CCN(C(=O)OC(C)(C)C)CC2. The predicted molar refractivity (Wildman–Crippen MR) is 104 cm³/mol. The third-order valence-corrected chi connectivity index (χ3v) is 7.50. The summed E-state index contributed by atoms with van der Waals surface area (Å²) >= 11 is 0. The molecule has 2 aliphatic carbocycles. The average molecular weight is 377 g/mol. The zero-order valence-electron chi connectivity index (χ0n) is 17.5. The fraction of sp³-hybridized carbons (Fsp3) is 0.909. The summed E-state index contributed by atoms with van der Waals surface area (Å²) in [6.07, 6.45) is 9.02. The predicted octanol–water partition coefficient (Wildman–Crippen LogP) is 4.20. The average Bonchev–Trinajstić information content (AvgIpc) is 3.17. The van der Waals surface area contributed by atoms with Crippen molar-refractivity contribution < 1.29 is 14.3 Å². The molecular formula is C22H36N2O3. The van der Waals surface area contributed by atoms with Gasteiger partial charge in [-0.1, -0.05) is 12.8 Å². The van der Waals surface area contributed by atoms with Gasteiger partial charge in [-0.25, -0.2) is 4.79 Å². The van der Waals surface area contributed by atoms with E-state index in [1.807, 2.05) is 25.7 Å². The van der Waals surface area contributed by atoms with Crippen molar-refractivity contribution in [1.82, 2.24) is 9.80 Å². The number of carbonyl (C=O) groups excluding carboxylic acids is 2. The van der Waals surface area contributed by atoms with Crippen molar-refractivity contribution in [3.8, 4) is 0 Å². The van der Waals surface area contributed by atoms with Crippen molar-refractivity contribution in [3.05, 3.63) is 0 Å². The van der Waals surface area contributed by atoms with E-state index in [4.69, 9.17) is 4.74 Å². The summed E-state index contributed by atoms with van der Waals surface area (Å²) in [4.78, 5) is 29.8. The summed E-state index contributed by atoms with van der Waals surface area (Å²) < 4.78 is 5.51. The van der Waals surface area contributed by atoms with Crippen LogP contribution in [0.1, 0.15) is 79.1 Å². The van der Waals surface area contributed by atoms with E-state index in [2.05, 4.69) is 11.8 Å². The van der Waals surface area contributed by atoms with Crippen molar-refractivity contribution in [2.75, 3.05) is 13.1 Å². The van der Waals surface area contributed by atoms with Gasteiger partial charge >= 0.3 is 6.09 Å². The first kappa shape index (κ1) is 19.1. The summed E-state index contributed by atoms with van der Waals surface area (Å²) in [5.41, 5.74) is -0.297. The number of nitrogens with zero attached hydrogens (tertiary/aromatic N) is 2. The molecule has 27 heavy (non-hydrogen) atoms. The lowest BCUT2D eigenvalue weighted by molar-refractivity contribution is -0.137. The van der Waals surface area contributed by atoms with Crippen LogP contribution >= 0.6 is 0 Å². The Morgan fingerprint density at radius 2 is 1.74 bits per heavy atom. The van der Waals surface area contributed by atoms with Crippen LogP contribution in [0.5, 0.6) is 0 Å². The number of rotatable bonds is 1. The van der Waals surface area contributed by atoms with E-state index in [0.717, 1.165) is 38.3 Å². The van der Waals surface area contributed by atoms with E-state index in [1.165, 1.54) is 32.1 Å². The minimum Gasteiger partial charge on any atom is -0.444 e. The Hall–Kier alpha value is -1.26. The number of fused-ring (bicyclic) bond motifs is 1. The van der Waals surface area contributed by atoms with Gasteiger partial charge in [-0.3, -0.25) is 4.79 Å². The summed E-state index contributed by atoms with van der Waals surface area (Å²) in [5, 5.41) is 0. The molecule has 4 aliphatic rings. The van der Waals surface area contributed by atoms with Crippen molar-refractivity contribution in [3.63, 3.8) is 0 Å². The maximum Gasteiger partial charge on any atom is 0.410 e. The maximum absolute atomic E-state index is 13.4. The molecule has 5 nitrogen and oxygen atoms in total. The Labute approximate surface area is 163 Å². The van der Waals surface area contributed by atoms with Crippen LogP contribution in [0.15, 0.2) is 0 Å². The topological polar surface area (TPSA) is 49.9 Å². The number of piperidine rings is 1. The molecule has 4 fully saturated rings. The summed E-state index contributed by atoms with van der Waals surface area (Å²) in [6, 6.07) is 0.908. The summed E-state index contributed by atoms with van der Waals surface area (Å²) in [6.45, 7) is 9.40. The first-order valence-electron chi connectivity index (χ1n) is 11.0. The highest BCUT2D eigenvalue weighted by Crippen LogP contribution is 2.61. The van der Waals surface area contributed by atoms with Crippen LogP contribution in [0.2, 0.25) is 0 Å². The number of ether oxygens (including phenoxy) is 1. The van der Waals surface area contributed by atoms with Crippen LogP contribution in [0.25, 0.3) is 0 Å². The lowest BCUT2D eigenvalue weighted by Gasteiger charge is -2.36. The third kappa shape index (κ3) is 3.58. The molecule has 2 saturated carbocycles. The highest BCUT2D eigenvalue weighted by atomic mass is 16.6. The Balaban J connectivity index is 1.34. The quantitative estimate of drug-likeness (QED) is 0.689. The molecule has 2 saturated heterocycles. The monoisotopic (exact) mass is 376 g/mol. The number of carbonyl (C=O) groups is 2. The van der Waals surface area contributed by atoms with Gasteiger partial charge in [0.1, 0.15) is 5.60 Å². The third-order valence-electron chi connectivity index (χ3n) is 7.50. The normalized spacial score (nSPS) is 35.1. The van der Waals surface area contributed by atoms with Gasteiger partial charge in [0.25, 0.3) is 0 Å². The molecule has 0 aromatic carbocycles. The number of likely N-dealkylation sites (tertiary alicyclic amines) is 2. The van der Waals surface area contributed by atoms with Crippen LogP contribution in [0.4, 0.5) is 4.79 Å². The molecule has 2 amide bonds. The van der Waals surface area contributed by atoms with Gasteiger partial charge in [-0.15, -0.1) is 0 Å². The minimum absolute atomic E-state index is 0.155. The zero-order chi connectivity index (χ0) is 19.4. The van der Waals surface area contributed by atoms with Gasteiger partial charge in [-0.2, -0.15) is 0 Å². The molecule has 1 spiro atoms.